The van der Waals surface area contributed by atoms with E-state index in [4.69, 9.17) is 4.74 Å². The number of fused-ring (bicyclic) bond motifs is 1. The van der Waals surface area contributed by atoms with Gasteiger partial charge in [-0.25, -0.2) is 9.78 Å². The number of carbonyl (C=O) groups excluding carboxylic acids is 1. The highest BCUT2D eigenvalue weighted by atomic mass is 16.5. The van der Waals surface area contributed by atoms with E-state index in [1.165, 1.54) is 16.8 Å². The second-order valence-electron chi connectivity index (χ2n) is 6.49. The number of ether oxygens (including phenoxy) is 1. The number of hydrogen-bond acceptors (Lipinski definition) is 5. The van der Waals surface area contributed by atoms with Gasteiger partial charge >= 0.3 is 5.69 Å². The van der Waals surface area contributed by atoms with Gasteiger partial charge in [-0.2, -0.15) is 0 Å². The van der Waals surface area contributed by atoms with Gasteiger partial charge < -0.3 is 10.1 Å². The van der Waals surface area contributed by atoms with Crippen molar-refractivity contribution in [2.75, 3.05) is 7.11 Å². The van der Waals surface area contributed by atoms with E-state index in [1.54, 1.807) is 7.11 Å². The van der Waals surface area contributed by atoms with Crippen LogP contribution in [-0.4, -0.2) is 27.6 Å². The van der Waals surface area contributed by atoms with Crippen LogP contribution in [0.2, 0.25) is 0 Å². The number of aromatic amines is 1. The van der Waals surface area contributed by atoms with Gasteiger partial charge in [0.1, 0.15) is 11.4 Å². The lowest BCUT2D eigenvalue weighted by molar-refractivity contribution is 0.0950. The lowest BCUT2D eigenvalue weighted by Gasteiger charge is -2.09. The molecule has 1 saturated carbocycles. The fourth-order valence-electron chi connectivity index (χ4n) is 3.00. The van der Waals surface area contributed by atoms with E-state index < -0.39 is 11.2 Å². The zero-order chi connectivity index (χ0) is 19.0. The van der Waals surface area contributed by atoms with E-state index in [-0.39, 0.29) is 22.9 Å². The zero-order valence-electron chi connectivity index (χ0n) is 14.7. The average molecular weight is 366 g/mol. The third-order valence-electron chi connectivity index (χ3n) is 4.54. The standard InChI is InChI=1S/C19H18N4O4/c1-27-14-4-2-3-11(7-14)9-21-17(24)12-8-15-16(20-10-12)23(13-5-6-13)19(26)22-18(15)25/h2-4,7-8,10,13H,5-6,9H2,1H3,(H,21,24)(H,22,25,26). The predicted octanol–water partition coefficient (Wildman–Crippen LogP) is 1.36. The summed E-state index contributed by atoms with van der Waals surface area (Å²) in [6.07, 6.45) is 3.15. The molecule has 2 N–H and O–H groups in total. The Morgan fingerprint density at radius 3 is 2.89 bits per heavy atom. The van der Waals surface area contributed by atoms with Gasteiger partial charge in [0.05, 0.1) is 18.1 Å². The van der Waals surface area contributed by atoms with Gasteiger partial charge in [-0.1, -0.05) is 12.1 Å². The van der Waals surface area contributed by atoms with Crippen molar-refractivity contribution in [2.45, 2.75) is 25.4 Å². The van der Waals surface area contributed by atoms with Gasteiger partial charge in [0.25, 0.3) is 11.5 Å². The smallest absolute Gasteiger partial charge is 0.330 e. The number of hydrogen-bond donors (Lipinski definition) is 2. The van der Waals surface area contributed by atoms with Crippen molar-refractivity contribution in [3.8, 4) is 5.75 Å². The van der Waals surface area contributed by atoms with Crippen LogP contribution in [0.25, 0.3) is 11.0 Å². The van der Waals surface area contributed by atoms with Crippen molar-refractivity contribution >= 4 is 16.9 Å². The van der Waals surface area contributed by atoms with Crippen LogP contribution in [0.15, 0.2) is 46.1 Å². The summed E-state index contributed by atoms with van der Waals surface area (Å²) in [6.45, 7) is 0.312. The minimum atomic E-state index is -0.540. The molecule has 1 aromatic carbocycles. The summed E-state index contributed by atoms with van der Waals surface area (Å²) in [7, 11) is 1.58. The second kappa shape index (κ2) is 6.71. The first-order valence-corrected chi connectivity index (χ1v) is 8.62. The van der Waals surface area contributed by atoms with Crippen molar-refractivity contribution in [1.82, 2.24) is 19.9 Å². The molecule has 0 unspecified atom stereocenters. The molecular formula is C19H18N4O4. The molecule has 2 heterocycles. The molecule has 0 atom stereocenters. The molecule has 1 amide bonds. The van der Waals surface area contributed by atoms with Crippen LogP contribution >= 0.6 is 0 Å². The molecule has 2 aromatic heterocycles. The molecule has 27 heavy (non-hydrogen) atoms. The van der Waals surface area contributed by atoms with Crippen molar-refractivity contribution in [1.29, 1.82) is 0 Å². The van der Waals surface area contributed by atoms with Crippen LogP contribution in [0.4, 0.5) is 0 Å². The summed E-state index contributed by atoms with van der Waals surface area (Å²) < 4.78 is 6.66. The largest absolute Gasteiger partial charge is 0.497 e. The molecule has 4 rings (SSSR count). The number of H-pyrrole nitrogens is 1. The normalized spacial score (nSPS) is 13.5. The van der Waals surface area contributed by atoms with E-state index in [0.29, 0.717) is 17.9 Å². The number of benzene rings is 1. The molecule has 138 valence electrons. The number of rotatable bonds is 5. The van der Waals surface area contributed by atoms with E-state index in [2.05, 4.69) is 15.3 Å². The average Bonchev–Trinajstić information content (AvgIpc) is 3.51. The summed E-state index contributed by atoms with van der Waals surface area (Å²) in [5.41, 5.74) is 0.462. The van der Waals surface area contributed by atoms with E-state index in [9.17, 15) is 14.4 Å². The van der Waals surface area contributed by atoms with Gasteiger partial charge in [0, 0.05) is 18.8 Å². The lowest BCUT2D eigenvalue weighted by atomic mass is 10.2. The van der Waals surface area contributed by atoms with Crippen LogP contribution in [-0.2, 0) is 6.54 Å². The van der Waals surface area contributed by atoms with Gasteiger partial charge in [-0.3, -0.25) is 19.1 Å². The van der Waals surface area contributed by atoms with E-state index in [0.717, 1.165) is 18.4 Å². The van der Waals surface area contributed by atoms with E-state index >= 15 is 0 Å². The van der Waals surface area contributed by atoms with Crippen LogP contribution in [0.3, 0.4) is 0 Å². The molecular weight excluding hydrogens is 348 g/mol. The fourth-order valence-corrected chi connectivity index (χ4v) is 3.00. The SMILES string of the molecule is COc1cccc(CNC(=O)c2cnc3c(c2)c(=O)[nH]c(=O)n3C2CC2)c1. The van der Waals surface area contributed by atoms with E-state index in [1.807, 2.05) is 24.3 Å². The van der Waals surface area contributed by atoms with Crippen molar-refractivity contribution in [3.63, 3.8) is 0 Å². The first-order chi connectivity index (χ1) is 13.1. The highest BCUT2D eigenvalue weighted by Gasteiger charge is 2.27. The molecule has 0 radical (unpaired) electrons. The second-order valence-corrected chi connectivity index (χ2v) is 6.49. The number of methoxy groups -OCH3 is 1. The Kier molecular flexibility index (Phi) is 4.23. The Bertz CT molecular complexity index is 1140. The van der Waals surface area contributed by atoms with Crippen molar-refractivity contribution in [2.24, 2.45) is 0 Å². The number of nitrogens with one attached hydrogen (secondary N) is 2. The number of pyridine rings is 1. The van der Waals surface area contributed by atoms with Crippen LogP contribution in [0.5, 0.6) is 5.75 Å². The maximum atomic E-state index is 12.5. The lowest BCUT2D eigenvalue weighted by Crippen LogP contribution is -2.31. The molecule has 3 aromatic rings. The number of nitrogens with zero attached hydrogens (tertiary/aromatic N) is 2. The minimum absolute atomic E-state index is 0.0667. The topological polar surface area (TPSA) is 106 Å². The van der Waals surface area contributed by atoms with Gasteiger partial charge in [0.15, 0.2) is 0 Å². The molecule has 1 aliphatic rings. The Labute approximate surface area is 153 Å². The Morgan fingerprint density at radius 2 is 2.15 bits per heavy atom. The molecule has 0 saturated heterocycles. The van der Waals surface area contributed by atoms with Gasteiger partial charge in [-0.15, -0.1) is 0 Å². The first-order valence-electron chi connectivity index (χ1n) is 8.62. The minimum Gasteiger partial charge on any atom is -0.497 e. The monoisotopic (exact) mass is 366 g/mol. The van der Waals surface area contributed by atoms with Crippen LogP contribution in [0, 0.1) is 0 Å². The Balaban J connectivity index is 1.61. The van der Waals surface area contributed by atoms with Crippen molar-refractivity contribution < 1.29 is 9.53 Å². The Morgan fingerprint density at radius 1 is 1.33 bits per heavy atom. The summed E-state index contributed by atoms with van der Waals surface area (Å²) in [5.74, 6) is 0.356. The molecule has 1 fully saturated rings. The summed E-state index contributed by atoms with van der Waals surface area (Å²) >= 11 is 0. The van der Waals surface area contributed by atoms with Crippen LogP contribution in [0.1, 0.15) is 34.8 Å². The van der Waals surface area contributed by atoms with Crippen molar-refractivity contribution in [3.05, 3.63) is 68.5 Å². The third-order valence-corrected chi connectivity index (χ3v) is 4.54. The number of amides is 1. The molecule has 8 heteroatoms. The quantitative estimate of drug-likeness (QED) is 0.709. The highest BCUT2D eigenvalue weighted by Crippen LogP contribution is 2.34. The molecule has 0 bridgehead atoms. The fraction of sp³-hybridized carbons (Fsp3) is 0.263. The third kappa shape index (κ3) is 3.33. The number of carbonyl (C=O) groups is 1. The molecule has 1 aliphatic carbocycles. The molecule has 0 aliphatic heterocycles. The summed E-state index contributed by atoms with van der Waals surface area (Å²) in [6, 6.07) is 8.91. The predicted molar refractivity (Wildman–Crippen MR) is 99.1 cm³/mol. The number of aromatic nitrogens is 3. The molecule has 0 spiro atoms. The molecule has 8 nitrogen and oxygen atoms in total. The summed E-state index contributed by atoms with van der Waals surface area (Å²) in [4.78, 5) is 43.2. The Hall–Kier alpha value is -3.42. The first kappa shape index (κ1) is 17.0. The van der Waals surface area contributed by atoms with Gasteiger partial charge in [0.2, 0.25) is 0 Å². The summed E-state index contributed by atoms with van der Waals surface area (Å²) in [5, 5.41) is 3.03. The van der Waals surface area contributed by atoms with Gasteiger partial charge in [-0.05, 0) is 36.6 Å². The van der Waals surface area contributed by atoms with Crippen LogP contribution < -0.4 is 21.3 Å². The highest BCUT2D eigenvalue weighted by molar-refractivity contribution is 5.96. The zero-order valence-corrected chi connectivity index (χ0v) is 14.7. The maximum absolute atomic E-state index is 12.5. The maximum Gasteiger partial charge on any atom is 0.330 e.